The van der Waals surface area contributed by atoms with Crippen LogP contribution in [0.3, 0.4) is 0 Å². The van der Waals surface area contributed by atoms with Gasteiger partial charge in [-0.2, -0.15) is 0 Å². The van der Waals surface area contributed by atoms with Crippen LogP contribution in [0.15, 0.2) is 52.1 Å². The zero-order valence-electron chi connectivity index (χ0n) is 16.6. The second-order valence-electron chi connectivity index (χ2n) is 7.31. The van der Waals surface area contributed by atoms with E-state index in [1.54, 1.807) is 6.26 Å². The van der Waals surface area contributed by atoms with E-state index in [1.165, 1.54) is 12.0 Å². The topological polar surface area (TPSA) is 68.0 Å². The Morgan fingerprint density at radius 2 is 2.00 bits per heavy atom. The first-order chi connectivity index (χ1) is 13.9. The summed E-state index contributed by atoms with van der Waals surface area (Å²) in [7, 11) is 0. The standard InChI is InChI=1S/C22H29N3O3.HI/c1-2-9-21-19(8-1)20(11-15-28-21)25-22(23-12-10-17-7-5-14-26-17)24-16-18-6-3-4-13-27-18;/h1-2,5,7-9,14,18,20H,3-4,6,10-13,15-16H2,(H2,23,24,25);1H. The van der Waals surface area contributed by atoms with Crippen LogP contribution in [0.4, 0.5) is 0 Å². The highest BCUT2D eigenvalue weighted by molar-refractivity contribution is 14.0. The third kappa shape index (κ3) is 6.37. The van der Waals surface area contributed by atoms with Gasteiger partial charge in [0.05, 0.1) is 31.6 Å². The largest absolute Gasteiger partial charge is 0.493 e. The Morgan fingerprint density at radius 1 is 1.07 bits per heavy atom. The molecule has 158 valence electrons. The third-order valence-electron chi connectivity index (χ3n) is 5.24. The van der Waals surface area contributed by atoms with Gasteiger partial charge in [0.1, 0.15) is 11.5 Å². The summed E-state index contributed by atoms with van der Waals surface area (Å²) in [6.07, 6.45) is 7.13. The number of aliphatic imine (C=N–C) groups is 1. The number of nitrogens with one attached hydrogen (secondary N) is 2. The Kier molecular flexibility index (Phi) is 8.67. The molecule has 1 aromatic carbocycles. The molecule has 2 aromatic rings. The van der Waals surface area contributed by atoms with E-state index in [1.807, 2.05) is 24.3 Å². The van der Waals surface area contributed by atoms with Gasteiger partial charge < -0.3 is 24.5 Å². The molecule has 0 radical (unpaired) electrons. The van der Waals surface area contributed by atoms with Crippen molar-refractivity contribution in [1.82, 2.24) is 10.6 Å². The molecule has 6 nitrogen and oxygen atoms in total. The van der Waals surface area contributed by atoms with E-state index in [0.29, 0.717) is 13.2 Å². The first-order valence-electron chi connectivity index (χ1n) is 10.3. The molecule has 2 atom stereocenters. The molecule has 2 aliphatic rings. The van der Waals surface area contributed by atoms with Crippen molar-refractivity contribution in [1.29, 1.82) is 0 Å². The maximum Gasteiger partial charge on any atom is 0.191 e. The Labute approximate surface area is 189 Å². The molecule has 3 heterocycles. The fourth-order valence-corrected chi connectivity index (χ4v) is 3.71. The number of rotatable bonds is 6. The summed E-state index contributed by atoms with van der Waals surface area (Å²) in [6.45, 7) is 3.00. The van der Waals surface area contributed by atoms with E-state index >= 15 is 0 Å². The van der Waals surface area contributed by atoms with E-state index < -0.39 is 0 Å². The average molecular weight is 511 g/mol. The number of para-hydroxylation sites is 1. The van der Waals surface area contributed by atoms with Crippen molar-refractivity contribution in [2.75, 3.05) is 26.3 Å². The van der Waals surface area contributed by atoms with Crippen molar-refractivity contribution in [3.63, 3.8) is 0 Å². The van der Waals surface area contributed by atoms with Crippen molar-refractivity contribution in [3.8, 4) is 5.75 Å². The van der Waals surface area contributed by atoms with Gasteiger partial charge in [0.15, 0.2) is 5.96 Å². The van der Waals surface area contributed by atoms with Gasteiger partial charge in [0.2, 0.25) is 0 Å². The minimum absolute atomic E-state index is 0. The van der Waals surface area contributed by atoms with Crippen LogP contribution in [0.1, 0.15) is 43.0 Å². The lowest BCUT2D eigenvalue weighted by molar-refractivity contribution is 0.0224. The van der Waals surface area contributed by atoms with Gasteiger partial charge in [-0.1, -0.05) is 18.2 Å². The second kappa shape index (κ2) is 11.4. The summed E-state index contributed by atoms with van der Waals surface area (Å²) >= 11 is 0. The molecular weight excluding hydrogens is 481 g/mol. The van der Waals surface area contributed by atoms with Gasteiger partial charge in [-0.25, -0.2) is 0 Å². The van der Waals surface area contributed by atoms with Crippen molar-refractivity contribution in [2.45, 2.75) is 44.2 Å². The highest BCUT2D eigenvalue weighted by atomic mass is 127. The summed E-state index contributed by atoms with van der Waals surface area (Å²) in [5, 5.41) is 7.06. The van der Waals surface area contributed by atoms with Crippen molar-refractivity contribution in [3.05, 3.63) is 54.0 Å². The summed E-state index contributed by atoms with van der Waals surface area (Å²) in [4.78, 5) is 4.83. The smallest absolute Gasteiger partial charge is 0.191 e. The number of ether oxygens (including phenoxy) is 2. The lowest BCUT2D eigenvalue weighted by Crippen LogP contribution is -2.42. The molecule has 1 fully saturated rings. The molecule has 2 aliphatic heterocycles. The van der Waals surface area contributed by atoms with Crippen molar-refractivity contribution >= 4 is 29.9 Å². The number of furan rings is 1. The number of guanidine groups is 1. The normalized spacial score (nSPS) is 21.4. The van der Waals surface area contributed by atoms with Gasteiger partial charge >= 0.3 is 0 Å². The van der Waals surface area contributed by atoms with Crippen LogP contribution in [0.5, 0.6) is 5.75 Å². The lowest BCUT2D eigenvalue weighted by Gasteiger charge is -2.28. The summed E-state index contributed by atoms with van der Waals surface area (Å²) < 4.78 is 17.1. The second-order valence-corrected chi connectivity index (χ2v) is 7.31. The molecule has 1 aromatic heterocycles. The molecule has 29 heavy (non-hydrogen) atoms. The lowest BCUT2D eigenvalue weighted by atomic mass is 10.0. The summed E-state index contributed by atoms with van der Waals surface area (Å²) in [6, 6.07) is 12.3. The quantitative estimate of drug-likeness (QED) is 0.348. The highest BCUT2D eigenvalue weighted by Gasteiger charge is 2.22. The average Bonchev–Trinajstić information content (AvgIpc) is 3.26. The molecule has 1 saturated heterocycles. The van der Waals surface area contributed by atoms with E-state index in [0.717, 1.165) is 56.3 Å². The maximum absolute atomic E-state index is 5.84. The number of benzene rings is 1. The Hall–Kier alpha value is -1.74. The number of hydrogen-bond donors (Lipinski definition) is 2. The molecule has 2 N–H and O–H groups in total. The van der Waals surface area contributed by atoms with Crippen LogP contribution in [-0.4, -0.2) is 38.4 Å². The molecule has 0 saturated carbocycles. The van der Waals surface area contributed by atoms with Crippen molar-refractivity contribution < 1.29 is 13.9 Å². The maximum atomic E-state index is 5.84. The van der Waals surface area contributed by atoms with Gasteiger partial charge in [0.25, 0.3) is 0 Å². The van der Waals surface area contributed by atoms with Gasteiger partial charge in [-0.3, -0.25) is 4.99 Å². The fraction of sp³-hybridized carbons (Fsp3) is 0.500. The summed E-state index contributed by atoms with van der Waals surface area (Å²) in [5.41, 5.74) is 1.18. The molecule has 0 bridgehead atoms. The summed E-state index contributed by atoms with van der Waals surface area (Å²) in [5.74, 6) is 2.75. The molecule has 0 aliphatic carbocycles. The molecular formula is C22H30IN3O3. The molecule has 0 spiro atoms. The van der Waals surface area contributed by atoms with Crippen molar-refractivity contribution in [2.24, 2.45) is 4.99 Å². The minimum atomic E-state index is 0. The van der Waals surface area contributed by atoms with Crippen LogP contribution < -0.4 is 15.4 Å². The Balaban J connectivity index is 0.00000240. The monoisotopic (exact) mass is 511 g/mol. The molecule has 7 heteroatoms. The number of nitrogens with zero attached hydrogens (tertiary/aromatic N) is 1. The minimum Gasteiger partial charge on any atom is -0.493 e. The van der Waals surface area contributed by atoms with Crippen LogP contribution >= 0.6 is 24.0 Å². The number of halogens is 1. The first-order valence-corrected chi connectivity index (χ1v) is 10.3. The van der Waals surface area contributed by atoms with E-state index in [-0.39, 0.29) is 36.1 Å². The SMILES string of the molecule is I.c1coc(CCNC(=NCC2CCCCO2)NC2CCOc3ccccc32)c1. The first kappa shape index (κ1) is 22.0. The van der Waals surface area contributed by atoms with E-state index in [9.17, 15) is 0 Å². The predicted octanol–water partition coefficient (Wildman–Crippen LogP) is 4.07. The zero-order chi connectivity index (χ0) is 19.0. The molecule has 0 amide bonds. The zero-order valence-corrected chi connectivity index (χ0v) is 19.0. The Bertz CT molecular complexity index is 760. The van der Waals surface area contributed by atoms with Crippen LogP contribution in [0.2, 0.25) is 0 Å². The highest BCUT2D eigenvalue weighted by Crippen LogP contribution is 2.31. The number of fused-ring (bicyclic) bond motifs is 1. The Morgan fingerprint density at radius 3 is 2.83 bits per heavy atom. The van der Waals surface area contributed by atoms with Gasteiger partial charge in [-0.15, -0.1) is 24.0 Å². The molecule has 2 unspecified atom stereocenters. The van der Waals surface area contributed by atoms with Gasteiger partial charge in [-0.05, 0) is 37.5 Å². The fourth-order valence-electron chi connectivity index (χ4n) is 3.71. The third-order valence-corrected chi connectivity index (χ3v) is 5.24. The van der Waals surface area contributed by atoms with Crippen LogP contribution in [0.25, 0.3) is 0 Å². The van der Waals surface area contributed by atoms with E-state index in [2.05, 4.69) is 22.8 Å². The number of hydrogen-bond acceptors (Lipinski definition) is 4. The predicted molar refractivity (Wildman–Crippen MR) is 124 cm³/mol. The van der Waals surface area contributed by atoms with Crippen LogP contribution in [0, 0.1) is 0 Å². The van der Waals surface area contributed by atoms with Gasteiger partial charge in [0, 0.05) is 31.6 Å². The molecule has 4 rings (SSSR count). The van der Waals surface area contributed by atoms with E-state index in [4.69, 9.17) is 18.9 Å². The van der Waals surface area contributed by atoms with Crippen LogP contribution in [-0.2, 0) is 11.2 Å².